The van der Waals surface area contributed by atoms with Gasteiger partial charge in [-0.05, 0) is 37.7 Å². The summed E-state index contributed by atoms with van der Waals surface area (Å²) in [5, 5.41) is 0. The minimum Gasteiger partial charge on any atom is -0.389 e. The van der Waals surface area contributed by atoms with Crippen molar-refractivity contribution in [3.63, 3.8) is 0 Å². The molecule has 18 heavy (non-hydrogen) atoms. The Morgan fingerprint density at radius 1 is 1.56 bits per heavy atom. The van der Waals surface area contributed by atoms with Gasteiger partial charge in [0.05, 0.1) is 0 Å². The number of thiocarbonyl (C=S) groups is 1. The fourth-order valence-electron chi connectivity index (χ4n) is 2.75. The van der Waals surface area contributed by atoms with E-state index in [1.165, 1.54) is 29.8 Å². The van der Waals surface area contributed by atoms with Gasteiger partial charge < -0.3 is 10.6 Å². The third-order valence-corrected chi connectivity index (χ3v) is 4.61. The Hall–Kier alpha value is -0.740. The molecule has 2 nitrogen and oxygen atoms in total. The van der Waals surface area contributed by atoms with Crippen LogP contribution in [0.2, 0.25) is 0 Å². The molecule has 2 rings (SSSR count). The van der Waals surface area contributed by atoms with Crippen molar-refractivity contribution in [3.05, 3.63) is 23.8 Å². The van der Waals surface area contributed by atoms with Crippen LogP contribution in [-0.2, 0) is 0 Å². The summed E-state index contributed by atoms with van der Waals surface area (Å²) in [5.41, 5.74) is 8.21. The summed E-state index contributed by atoms with van der Waals surface area (Å²) in [7, 11) is 0. The summed E-state index contributed by atoms with van der Waals surface area (Å²) in [6.07, 6.45) is 5.79. The molecule has 98 valence electrons. The van der Waals surface area contributed by atoms with Crippen LogP contribution in [-0.4, -0.2) is 23.8 Å². The van der Waals surface area contributed by atoms with Gasteiger partial charge in [0.15, 0.2) is 0 Å². The fourth-order valence-corrected chi connectivity index (χ4v) is 3.67. The average molecular weight is 280 g/mol. The van der Waals surface area contributed by atoms with Crippen LogP contribution in [0, 0.1) is 0 Å². The molecule has 1 unspecified atom stereocenters. The number of hydrogen-bond acceptors (Lipinski definition) is 3. The number of rotatable bonds is 4. The van der Waals surface area contributed by atoms with Crippen molar-refractivity contribution in [1.82, 2.24) is 0 Å². The van der Waals surface area contributed by atoms with E-state index < -0.39 is 0 Å². The molecule has 1 aliphatic heterocycles. The highest BCUT2D eigenvalue weighted by atomic mass is 32.2. The van der Waals surface area contributed by atoms with E-state index in [4.69, 9.17) is 18.0 Å². The Balaban J connectivity index is 2.46. The van der Waals surface area contributed by atoms with Crippen molar-refractivity contribution >= 4 is 34.7 Å². The summed E-state index contributed by atoms with van der Waals surface area (Å²) in [6, 6.07) is 6.99. The maximum atomic E-state index is 5.94. The first-order valence-electron chi connectivity index (χ1n) is 6.42. The molecule has 2 N–H and O–H groups in total. The molecule has 1 aliphatic rings. The SMILES string of the molecule is CCC1CCCN1c1cccc(SC)c1C(N)=S. The largest absolute Gasteiger partial charge is 0.389 e. The summed E-state index contributed by atoms with van der Waals surface area (Å²) in [5.74, 6) is 0. The van der Waals surface area contributed by atoms with Crippen molar-refractivity contribution in [2.45, 2.75) is 37.1 Å². The second-order valence-corrected chi connectivity index (χ2v) is 5.90. The first-order chi connectivity index (χ1) is 8.69. The Labute approximate surface area is 119 Å². The highest BCUT2D eigenvalue weighted by molar-refractivity contribution is 7.98. The fraction of sp³-hybridized carbons (Fsp3) is 0.500. The molecule has 1 fully saturated rings. The molecule has 1 aromatic rings. The number of nitrogens with zero attached hydrogens (tertiary/aromatic N) is 1. The normalized spacial score (nSPS) is 19.2. The molecular weight excluding hydrogens is 260 g/mol. The standard InChI is InChI=1S/C14H20N2S2/c1-3-10-6-5-9-16(10)11-7-4-8-12(18-2)13(11)14(15)17/h4,7-8,10H,3,5-6,9H2,1-2H3,(H2,15,17). The predicted molar refractivity (Wildman–Crippen MR) is 84.8 cm³/mol. The number of anilines is 1. The van der Waals surface area contributed by atoms with E-state index in [-0.39, 0.29) is 0 Å². The van der Waals surface area contributed by atoms with Crippen LogP contribution in [0.3, 0.4) is 0 Å². The molecule has 1 atom stereocenters. The molecular formula is C14H20N2S2. The molecule has 0 amide bonds. The van der Waals surface area contributed by atoms with Crippen LogP contribution >= 0.6 is 24.0 Å². The summed E-state index contributed by atoms with van der Waals surface area (Å²) in [4.78, 5) is 4.17. The van der Waals surface area contributed by atoms with Gasteiger partial charge in [-0.15, -0.1) is 11.8 Å². The average Bonchev–Trinajstić information content (AvgIpc) is 2.85. The van der Waals surface area contributed by atoms with Gasteiger partial charge in [-0.2, -0.15) is 0 Å². The quantitative estimate of drug-likeness (QED) is 0.676. The third kappa shape index (κ3) is 2.50. The van der Waals surface area contributed by atoms with Crippen LogP contribution < -0.4 is 10.6 Å². The van der Waals surface area contributed by atoms with Crippen molar-refractivity contribution in [3.8, 4) is 0 Å². The lowest BCUT2D eigenvalue weighted by Gasteiger charge is -2.28. The van der Waals surface area contributed by atoms with Crippen LogP contribution in [0.4, 0.5) is 5.69 Å². The zero-order valence-corrected chi connectivity index (χ0v) is 12.6. The van der Waals surface area contributed by atoms with Crippen molar-refractivity contribution < 1.29 is 0 Å². The van der Waals surface area contributed by atoms with Gasteiger partial charge in [-0.1, -0.05) is 25.2 Å². The van der Waals surface area contributed by atoms with Crippen molar-refractivity contribution in [1.29, 1.82) is 0 Å². The molecule has 4 heteroatoms. The lowest BCUT2D eigenvalue weighted by Crippen LogP contribution is -2.30. The Bertz CT molecular complexity index is 445. The van der Waals surface area contributed by atoms with Crippen LogP contribution in [0.1, 0.15) is 31.7 Å². The zero-order valence-electron chi connectivity index (χ0n) is 11.0. The molecule has 0 bridgehead atoms. The Morgan fingerprint density at radius 3 is 2.94 bits per heavy atom. The van der Waals surface area contributed by atoms with Crippen LogP contribution in [0.5, 0.6) is 0 Å². The van der Waals surface area contributed by atoms with Gasteiger partial charge in [-0.25, -0.2) is 0 Å². The van der Waals surface area contributed by atoms with E-state index in [2.05, 4.69) is 36.3 Å². The second kappa shape index (κ2) is 5.93. The molecule has 0 spiro atoms. The molecule has 0 aliphatic carbocycles. The van der Waals surface area contributed by atoms with Gasteiger partial charge in [-0.3, -0.25) is 0 Å². The van der Waals surface area contributed by atoms with Gasteiger partial charge in [0.25, 0.3) is 0 Å². The number of nitrogens with two attached hydrogens (primary N) is 1. The van der Waals surface area contributed by atoms with E-state index in [0.29, 0.717) is 11.0 Å². The van der Waals surface area contributed by atoms with E-state index in [0.717, 1.165) is 12.1 Å². The monoisotopic (exact) mass is 280 g/mol. The van der Waals surface area contributed by atoms with Crippen LogP contribution in [0.25, 0.3) is 0 Å². The van der Waals surface area contributed by atoms with Gasteiger partial charge in [0.1, 0.15) is 4.99 Å². The lowest BCUT2D eigenvalue weighted by molar-refractivity contribution is 0.645. The molecule has 1 aromatic carbocycles. The lowest BCUT2D eigenvalue weighted by atomic mass is 10.1. The Morgan fingerprint density at radius 2 is 2.33 bits per heavy atom. The van der Waals surface area contributed by atoms with Gasteiger partial charge >= 0.3 is 0 Å². The maximum Gasteiger partial charge on any atom is 0.107 e. The number of hydrogen-bond donors (Lipinski definition) is 1. The summed E-state index contributed by atoms with van der Waals surface area (Å²) >= 11 is 6.96. The minimum atomic E-state index is 0.511. The van der Waals surface area contributed by atoms with E-state index in [1.54, 1.807) is 11.8 Å². The third-order valence-electron chi connectivity index (χ3n) is 3.63. The summed E-state index contributed by atoms with van der Waals surface area (Å²) < 4.78 is 0. The van der Waals surface area contributed by atoms with Crippen molar-refractivity contribution in [2.75, 3.05) is 17.7 Å². The Kier molecular flexibility index (Phi) is 4.51. The molecule has 0 radical (unpaired) electrons. The molecule has 1 saturated heterocycles. The minimum absolute atomic E-state index is 0.511. The zero-order chi connectivity index (χ0) is 13.1. The smallest absolute Gasteiger partial charge is 0.107 e. The van der Waals surface area contributed by atoms with Gasteiger partial charge in [0, 0.05) is 28.7 Å². The summed E-state index contributed by atoms with van der Waals surface area (Å²) in [6.45, 7) is 3.37. The first-order valence-corrected chi connectivity index (χ1v) is 8.05. The van der Waals surface area contributed by atoms with E-state index in [9.17, 15) is 0 Å². The predicted octanol–water partition coefficient (Wildman–Crippen LogP) is 3.42. The number of benzene rings is 1. The van der Waals surface area contributed by atoms with Crippen LogP contribution in [0.15, 0.2) is 23.1 Å². The number of thioether (sulfide) groups is 1. The van der Waals surface area contributed by atoms with E-state index >= 15 is 0 Å². The van der Waals surface area contributed by atoms with Crippen molar-refractivity contribution in [2.24, 2.45) is 5.73 Å². The highest BCUT2D eigenvalue weighted by Gasteiger charge is 2.26. The molecule has 0 aromatic heterocycles. The van der Waals surface area contributed by atoms with Gasteiger partial charge in [0.2, 0.25) is 0 Å². The highest BCUT2D eigenvalue weighted by Crippen LogP contribution is 2.34. The first kappa shape index (κ1) is 13.7. The maximum absolute atomic E-state index is 5.94. The van der Waals surface area contributed by atoms with E-state index in [1.807, 2.05) is 0 Å². The second-order valence-electron chi connectivity index (χ2n) is 4.62. The molecule has 1 heterocycles. The molecule has 0 saturated carbocycles. The topological polar surface area (TPSA) is 29.3 Å².